The molecule has 0 fully saturated rings. The summed E-state index contributed by atoms with van der Waals surface area (Å²) in [6.07, 6.45) is 0.776. The van der Waals surface area contributed by atoms with Gasteiger partial charge in [0.2, 0.25) is 0 Å². The summed E-state index contributed by atoms with van der Waals surface area (Å²) in [5.41, 5.74) is 3.32. The topological polar surface area (TPSA) is 23.9 Å². The van der Waals surface area contributed by atoms with E-state index in [1.165, 1.54) is 11.1 Å². The van der Waals surface area contributed by atoms with E-state index in [9.17, 15) is 0 Å². The molecule has 0 heterocycles. The highest BCUT2D eigenvalue weighted by molar-refractivity contribution is 5.80. The van der Waals surface area contributed by atoms with Crippen LogP contribution in [0.15, 0.2) is 24.3 Å². The van der Waals surface area contributed by atoms with Crippen LogP contribution in [0.2, 0.25) is 0 Å². The van der Waals surface area contributed by atoms with Gasteiger partial charge < -0.3 is 5.41 Å². The largest absolute Gasteiger partial charge is 0.310 e. The standard InChI is InChI=1S/C12H17N/c1-9(2)12-6-4-11(5-7-12)8-10(3)13/h4-7,9,13H,8H2,1-3H3. The molecule has 0 saturated heterocycles. The van der Waals surface area contributed by atoms with Gasteiger partial charge in [-0.2, -0.15) is 0 Å². The first kappa shape index (κ1) is 9.97. The summed E-state index contributed by atoms with van der Waals surface area (Å²) in [7, 11) is 0. The van der Waals surface area contributed by atoms with Crippen LogP contribution >= 0.6 is 0 Å². The van der Waals surface area contributed by atoms with Gasteiger partial charge in [-0.3, -0.25) is 0 Å². The molecular formula is C12H17N. The molecule has 0 unspecified atom stereocenters. The van der Waals surface area contributed by atoms with Gasteiger partial charge >= 0.3 is 0 Å². The Morgan fingerprint density at radius 3 is 2.15 bits per heavy atom. The lowest BCUT2D eigenvalue weighted by Crippen LogP contribution is -1.95. The van der Waals surface area contributed by atoms with E-state index in [0.29, 0.717) is 5.92 Å². The van der Waals surface area contributed by atoms with E-state index in [0.717, 1.165) is 12.1 Å². The number of nitrogens with one attached hydrogen (secondary N) is 1. The highest BCUT2D eigenvalue weighted by Gasteiger charge is 1.99. The second kappa shape index (κ2) is 4.22. The molecule has 13 heavy (non-hydrogen) atoms. The number of rotatable bonds is 3. The van der Waals surface area contributed by atoms with Crippen LogP contribution in [0.25, 0.3) is 0 Å². The third-order valence-electron chi connectivity index (χ3n) is 2.12. The molecule has 0 saturated carbocycles. The SMILES string of the molecule is CC(=N)Cc1ccc(C(C)C)cc1. The van der Waals surface area contributed by atoms with Gasteiger partial charge in [0, 0.05) is 12.1 Å². The zero-order chi connectivity index (χ0) is 9.84. The Bertz CT molecular complexity index is 282. The maximum atomic E-state index is 7.37. The van der Waals surface area contributed by atoms with E-state index in [4.69, 9.17) is 5.41 Å². The molecule has 0 aliphatic heterocycles. The van der Waals surface area contributed by atoms with E-state index >= 15 is 0 Å². The molecule has 1 aromatic rings. The van der Waals surface area contributed by atoms with Crippen LogP contribution in [0.3, 0.4) is 0 Å². The minimum absolute atomic E-state index is 0.593. The average molecular weight is 175 g/mol. The Balaban J connectivity index is 2.75. The number of hydrogen-bond acceptors (Lipinski definition) is 1. The van der Waals surface area contributed by atoms with Gasteiger partial charge in [-0.25, -0.2) is 0 Å². The maximum absolute atomic E-state index is 7.37. The lowest BCUT2D eigenvalue weighted by molar-refractivity contribution is 0.865. The fraction of sp³-hybridized carbons (Fsp3) is 0.417. The van der Waals surface area contributed by atoms with E-state index < -0.39 is 0 Å². The summed E-state index contributed by atoms with van der Waals surface area (Å²) in [6.45, 7) is 6.23. The molecule has 1 aromatic carbocycles. The van der Waals surface area contributed by atoms with Crippen molar-refractivity contribution in [2.45, 2.75) is 33.1 Å². The lowest BCUT2D eigenvalue weighted by Gasteiger charge is -2.06. The molecule has 70 valence electrons. The van der Waals surface area contributed by atoms with Crippen molar-refractivity contribution in [3.05, 3.63) is 35.4 Å². The Hall–Kier alpha value is -1.11. The second-order valence-corrected chi connectivity index (χ2v) is 3.85. The van der Waals surface area contributed by atoms with Gasteiger partial charge in [0.05, 0.1) is 0 Å². The highest BCUT2D eigenvalue weighted by atomic mass is 14.4. The van der Waals surface area contributed by atoms with Crippen LogP contribution in [0, 0.1) is 5.41 Å². The second-order valence-electron chi connectivity index (χ2n) is 3.85. The first-order valence-electron chi connectivity index (χ1n) is 4.72. The molecule has 0 atom stereocenters. The third-order valence-corrected chi connectivity index (χ3v) is 2.12. The smallest absolute Gasteiger partial charge is 0.0102 e. The maximum Gasteiger partial charge on any atom is 0.0102 e. The van der Waals surface area contributed by atoms with E-state index in [1.807, 2.05) is 6.92 Å². The Labute approximate surface area is 80.3 Å². The average Bonchev–Trinajstić information content (AvgIpc) is 2.04. The molecule has 1 heteroatoms. The summed E-state index contributed by atoms with van der Waals surface area (Å²) in [5, 5.41) is 7.37. The van der Waals surface area contributed by atoms with Crippen LogP contribution in [0.1, 0.15) is 37.8 Å². The molecule has 0 bridgehead atoms. The van der Waals surface area contributed by atoms with E-state index in [-0.39, 0.29) is 0 Å². The van der Waals surface area contributed by atoms with Crippen molar-refractivity contribution in [1.82, 2.24) is 0 Å². The highest BCUT2D eigenvalue weighted by Crippen LogP contribution is 2.14. The normalized spacial score (nSPS) is 10.5. The zero-order valence-corrected chi connectivity index (χ0v) is 8.59. The Morgan fingerprint density at radius 1 is 1.23 bits per heavy atom. The van der Waals surface area contributed by atoms with Crippen molar-refractivity contribution < 1.29 is 0 Å². The van der Waals surface area contributed by atoms with Crippen molar-refractivity contribution in [3.63, 3.8) is 0 Å². The van der Waals surface area contributed by atoms with Crippen LogP contribution in [-0.2, 0) is 6.42 Å². The monoisotopic (exact) mass is 175 g/mol. The third kappa shape index (κ3) is 3.02. The van der Waals surface area contributed by atoms with Crippen molar-refractivity contribution >= 4 is 5.71 Å². The molecule has 1 nitrogen and oxygen atoms in total. The van der Waals surface area contributed by atoms with E-state index in [2.05, 4.69) is 38.1 Å². The number of benzene rings is 1. The summed E-state index contributed by atoms with van der Waals surface area (Å²) in [5.74, 6) is 0.593. The van der Waals surface area contributed by atoms with Crippen LogP contribution < -0.4 is 0 Å². The zero-order valence-electron chi connectivity index (χ0n) is 8.59. The van der Waals surface area contributed by atoms with Gasteiger partial charge in [0.25, 0.3) is 0 Å². The van der Waals surface area contributed by atoms with Crippen molar-refractivity contribution in [1.29, 1.82) is 5.41 Å². The molecule has 0 spiro atoms. The Kier molecular flexibility index (Phi) is 3.24. The number of hydrogen-bond donors (Lipinski definition) is 1. The fourth-order valence-corrected chi connectivity index (χ4v) is 1.33. The fourth-order valence-electron chi connectivity index (χ4n) is 1.33. The van der Waals surface area contributed by atoms with Crippen LogP contribution in [0.5, 0.6) is 0 Å². The molecule has 0 aromatic heterocycles. The van der Waals surface area contributed by atoms with Gasteiger partial charge in [-0.05, 0) is 24.0 Å². The molecule has 0 aliphatic rings. The van der Waals surface area contributed by atoms with Crippen molar-refractivity contribution in [2.24, 2.45) is 0 Å². The molecule has 0 aliphatic carbocycles. The molecule has 1 rings (SSSR count). The van der Waals surface area contributed by atoms with Crippen LogP contribution in [-0.4, -0.2) is 5.71 Å². The predicted molar refractivity (Wildman–Crippen MR) is 57.6 cm³/mol. The summed E-state index contributed by atoms with van der Waals surface area (Å²) in [4.78, 5) is 0. The summed E-state index contributed by atoms with van der Waals surface area (Å²) in [6, 6.07) is 8.55. The first-order valence-corrected chi connectivity index (χ1v) is 4.72. The molecular weight excluding hydrogens is 158 g/mol. The van der Waals surface area contributed by atoms with Crippen LogP contribution in [0.4, 0.5) is 0 Å². The Morgan fingerprint density at radius 2 is 1.77 bits per heavy atom. The minimum atomic E-state index is 0.593. The van der Waals surface area contributed by atoms with Gasteiger partial charge in [0.15, 0.2) is 0 Å². The summed E-state index contributed by atoms with van der Waals surface area (Å²) >= 11 is 0. The minimum Gasteiger partial charge on any atom is -0.310 e. The predicted octanol–water partition coefficient (Wildman–Crippen LogP) is 3.39. The van der Waals surface area contributed by atoms with Gasteiger partial charge in [0.1, 0.15) is 0 Å². The van der Waals surface area contributed by atoms with Gasteiger partial charge in [-0.15, -0.1) is 0 Å². The molecule has 0 amide bonds. The first-order chi connectivity index (χ1) is 6.09. The van der Waals surface area contributed by atoms with Gasteiger partial charge in [-0.1, -0.05) is 38.1 Å². The quantitative estimate of drug-likeness (QED) is 0.681. The summed E-state index contributed by atoms with van der Waals surface area (Å²) < 4.78 is 0. The lowest BCUT2D eigenvalue weighted by atomic mass is 10.0. The molecule has 0 radical (unpaired) electrons. The molecule has 1 N–H and O–H groups in total. The van der Waals surface area contributed by atoms with Crippen molar-refractivity contribution in [3.8, 4) is 0 Å². The van der Waals surface area contributed by atoms with Crippen molar-refractivity contribution in [2.75, 3.05) is 0 Å². The van der Waals surface area contributed by atoms with E-state index in [1.54, 1.807) is 0 Å².